The van der Waals surface area contributed by atoms with Crippen molar-refractivity contribution < 1.29 is 4.79 Å². The van der Waals surface area contributed by atoms with Gasteiger partial charge in [0.1, 0.15) is 0 Å². The predicted molar refractivity (Wildman–Crippen MR) is 118 cm³/mol. The first-order valence-corrected chi connectivity index (χ1v) is 10.5. The minimum atomic E-state index is 0.0134. The molecule has 3 aromatic rings. The number of nitrogens with zero attached hydrogens (tertiary/aromatic N) is 6. The lowest BCUT2D eigenvalue weighted by Crippen LogP contribution is -2.45. The Labute approximate surface area is 181 Å². The number of likely N-dealkylation sites (tertiary alicyclic amines) is 1. The topological polar surface area (TPSA) is 99.6 Å². The largest absolute Gasteiger partial charge is 0.335 e. The predicted octanol–water partition coefficient (Wildman–Crippen LogP) is 4.24. The lowest BCUT2D eigenvalue weighted by atomic mass is 9.94. The molecule has 1 amide bonds. The van der Waals surface area contributed by atoms with Crippen molar-refractivity contribution in [1.29, 1.82) is 5.41 Å². The number of para-hydroxylation sites is 1. The summed E-state index contributed by atoms with van der Waals surface area (Å²) in [5.41, 5.74) is 3.19. The van der Waals surface area contributed by atoms with Gasteiger partial charge in [-0.05, 0) is 55.5 Å². The van der Waals surface area contributed by atoms with Gasteiger partial charge in [-0.3, -0.25) is 4.79 Å². The molecule has 1 unspecified atom stereocenters. The third kappa shape index (κ3) is 4.91. The molecule has 1 aromatic heterocycles. The zero-order valence-electron chi connectivity index (χ0n) is 17.3. The zero-order valence-corrected chi connectivity index (χ0v) is 17.3. The maximum absolute atomic E-state index is 13.6. The van der Waals surface area contributed by atoms with Gasteiger partial charge in [0, 0.05) is 18.8 Å². The van der Waals surface area contributed by atoms with Crippen molar-refractivity contribution >= 4 is 17.8 Å². The Balaban J connectivity index is 1.56. The summed E-state index contributed by atoms with van der Waals surface area (Å²) in [4.78, 5) is 17.1. The van der Waals surface area contributed by atoms with E-state index in [1.807, 2.05) is 47.4 Å². The minimum absolute atomic E-state index is 0.0134. The molecule has 158 valence electrons. The van der Waals surface area contributed by atoms with E-state index in [1.165, 1.54) is 11.0 Å². The van der Waals surface area contributed by atoms with Crippen LogP contribution < -0.4 is 0 Å². The summed E-state index contributed by atoms with van der Waals surface area (Å²) in [6, 6.07) is 15.5. The Kier molecular flexibility index (Phi) is 6.56. The number of hydrogen-bond donors (Lipinski definition) is 1. The number of hydrogen-bond acceptors (Lipinski definition) is 6. The van der Waals surface area contributed by atoms with E-state index in [2.05, 4.69) is 26.5 Å². The molecule has 1 aliphatic heterocycles. The molecule has 1 fully saturated rings. The van der Waals surface area contributed by atoms with E-state index in [0.717, 1.165) is 43.5 Å². The number of carbonyl (C=O) groups excluding carboxylic acids is 1. The lowest BCUT2D eigenvalue weighted by Gasteiger charge is -2.36. The number of aromatic nitrogens is 3. The molecule has 0 saturated carbocycles. The number of nitrogens with one attached hydrogen (secondary N) is 1. The van der Waals surface area contributed by atoms with Crippen LogP contribution in [0.2, 0.25) is 0 Å². The molecule has 8 heteroatoms. The van der Waals surface area contributed by atoms with Crippen LogP contribution in [0.1, 0.15) is 35.2 Å². The van der Waals surface area contributed by atoms with Crippen LogP contribution in [0.15, 0.2) is 71.2 Å². The highest BCUT2D eigenvalue weighted by molar-refractivity contribution is 5.98. The van der Waals surface area contributed by atoms with Crippen molar-refractivity contribution in [3.8, 4) is 5.69 Å². The summed E-state index contributed by atoms with van der Waals surface area (Å²) in [5.74, 6) is 0.0134. The smallest absolute Gasteiger partial charge is 0.256 e. The van der Waals surface area contributed by atoms with Gasteiger partial charge < -0.3 is 10.3 Å². The van der Waals surface area contributed by atoms with Gasteiger partial charge in [0.25, 0.3) is 5.91 Å². The van der Waals surface area contributed by atoms with E-state index >= 15 is 0 Å². The molecular weight excluding hydrogens is 390 g/mol. The minimum Gasteiger partial charge on any atom is -0.335 e. The fourth-order valence-electron chi connectivity index (χ4n) is 3.98. The molecule has 31 heavy (non-hydrogen) atoms. The maximum Gasteiger partial charge on any atom is 0.256 e. The second-order valence-electron chi connectivity index (χ2n) is 7.49. The van der Waals surface area contributed by atoms with Gasteiger partial charge in [0.05, 0.1) is 35.9 Å². The van der Waals surface area contributed by atoms with Crippen LogP contribution in [0.4, 0.5) is 5.69 Å². The Morgan fingerprint density at radius 3 is 2.81 bits per heavy atom. The average molecular weight is 416 g/mol. The monoisotopic (exact) mass is 415 g/mol. The molecule has 0 bridgehead atoms. The second kappa shape index (κ2) is 9.88. The van der Waals surface area contributed by atoms with Crippen molar-refractivity contribution in [2.75, 3.05) is 13.1 Å². The van der Waals surface area contributed by atoms with Gasteiger partial charge >= 0.3 is 0 Å². The third-order valence-corrected chi connectivity index (χ3v) is 5.40. The van der Waals surface area contributed by atoms with Gasteiger partial charge in [-0.2, -0.15) is 25.2 Å². The molecular formula is C23H25N7O. The number of carbonyl (C=O) groups is 1. The maximum atomic E-state index is 13.6. The standard InChI is InChI=1S/C23H25N7O/c24-11-12-25-28-19-7-5-6-18(16-19)17-20-8-3-4-15-29(20)23(31)21-9-1-2-10-22(21)30-26-13-14-27-30/h1-2,5-7,9-11,13-14,16,20,24H,3-4,8,12,15,17H2. The molecule has 1 N–H and O–H groups in total. The first kappa shape index (κ1) is 20.6. The molecule has 0 radical (unpaired) electrons. The van der Waals surface area contributed by atoms with Gasteiger partial charge in [0.15, 0.2) is 0 Å². The van der Waals surface area contributed by atoms with E-state index in [0.29, 0.717) is 11.3 Å². The molecule has 2 heterocycles. The highest BCUT2D eigenvalue weighted by atomic mass is 16.2. The van der Waals surface area contributed by atoms with Crippen molar-refractivity contribution in [1.82, 2.24) is 19.9 Å². The van der Waals surface area contributed by atoms with Crippen molar-refractivity contribution in [2.45, 2.75) is 31.7 Å². The van der Waals surface area contributed by atoms with Crippen LogP contribution in [-0.2, 0) is 6.42 Å². The Hall–Kier alpha value is -3.68. The molecule has 8 nitrogen and oxygen atoms in total. The number of piperidine rings is 1. The van der Waals surface area contributed by atoms with Gasteiger partial charge in [0.2, 0.25) is 0 Å². The number of benzene rings is 2. The molecule has 0 aliphatic carbocycles. The molecule has 0 spiro atoms. The highest BCUT2D eigenvalue weighted by Crippen LogP contribution is 2.26. The van der Waals surface area contributed by atoms with E-state index in [-0.39, 0.29) is 18.5 Å². The van der Waals surface area contributed by atoms with Gasteiger partial charge in [-0.1, -0.05) is 24.3 Å². The van der Waals surface area contributed by atoms with Crippen molar-refractivity contribution in [2.24, 2.45) is 10.2 Å². The molecule has 2 aromatic carbocycles. The summed E-state index contributed by atoms with van der Waals surface area (Å²) >= 11 is 0. The quantitative estimate of drug-likeness (QED) is 0.461. The lowest BCUT2D eigenvalue weighted by molar-refractivity contribution is 0.0613. The van der Waals surface area contributed by atoms with E-state index in [4.69, 9.17) is 5.41 Å². The molecule has 1 atom stereocenters. The van der Waals surface area contributed by atoms with Crippen LogP contribution in [0, 0.1) is 5.41 Å². The Bertz CT molecular complexity index is 1060. The van der Waals surface area contributed by atoms with Gasteiger partial charge in [-0.15, -0.1) is 0 Å². The van der Waals surface area contributed by atoms with Crippen LogP contribution in [-0.4, -0.2) is 51.1 Å². The Morgan fingerprint density at radius 1 is 1.13 bits per heavy atom. The zero-order chi connectivity index (χ0) is 21.5. The van der Waals surface area contributed by atoms with E-state index in [1.54, 1.807) is 12.4 Å². The Morgan fingerprint density at radius 2 is 1.97 bits per heavy atom. The molecule has 4 rings (SSSR count). The SMILES string of the molecule is N=CCN=Nc1cccc(CC2CCCCN2C(=O)c2ccccc2-n2nccn2)c1. The summed E-state index contributed by atoms with van der Waals surface area (Å²) < 4.78 is 0. The van der Waals surface area contributed by atoms with Crippen LogP contribution in [0.5, 0.6) is 0 Å². The fourth-order valence-corrected chi connectivity index (χ4v) is 3.98. The van der Waals surface area contributed by atoms with Gasteiger partial charge in [-0.25, -0.2) is 0 Å². The number of amides is 1. The van der Waals surface area contributed by atoms with Crippen LogP contribution in [0.3, 0.4) is 0 Å². The molecule has 1 aliphatic rings. The highest BCUT2D eigenvalue weighted by Gasteiger charge is 2.29. The summed E-state index contributed by atoms with van der Waals surface area (Å²) in [6.45, 7) is 1.02. The second-order valence-corrected chi connectivity index (χ2v) is 7.49. The van der Waals surface area contributed by atoms with Crippen molar-refractivity contribution in [3.63, 3.8) is 0 Å². The number of rotatable bonds is 7. The van der Waals surface area contributed by atoms with Crippen LogP contribution >= 0.6 is 0 Å². The van der Waals surface area contributed by atoms with E-state index < -0.39 is 0 Å². The van der Waals surface area contributed by atoms with E-state index in [9.17, 15) is 4.79 Å². The average Bonchev–Trinajstić information content (AvgIpc) is 3.34. The van der Waals surface area contributed by atoms with Crippen molar-refractivity contribution in [3.05, 3.63) is 72.1 Å². The third-order valence-electron chi connectivity index (χ3n) is 5.40. The fraction of sp³-hybridized carbons (Fsp3) is 0.304. The normalized spacial score (nSPS) is 16.5. The van der Waals surface area contributed by atoms with Crippen LogP contribution in [0.25, 0.3) is 5.69 Å². The first-order valence-electron chi connectivity index (χ1n) is 10.5. The number of azo groups is 1. The summed E-state index contributed by atoms with van der Waals surface area (Å²) in [6.07, 6.45) is 8.28. The summed E-state index contributed by atoms with van der Waals surface area (Å²) in [7, 11) is 0. The summed E-state index contributed by atoms with van der Waals surface area (Å²) in [5, 5.41) is 23.6. The molecule has 1 saturated heterocycles. The first-order chi connectivity index (χ1) is 15.3.